The van der Waals surface area contributed by atoms with Crippen molar-refractivity contribution in [3.05, 3.63) is 29.8 Å². The third kappa shape index (κ3) is 7.22. The molecule has 0 aliphatic carbocycles. The van der Waals surface area contributed by atoms with E-state index in [4.69, 9.17) is 5.14 Å². The smallest absolute Gasteiger partial charge is 0.225 e. The van der Waals surface area contributed by atoms with Crippen LogP contribution in [-0.2, 0) is 20.6 Å². The molecular weight excluding hydrogens is 278 g/mol. The molecule has 20 heavy (non-hydrogen) atoms. The molecule has 6 nitrogen and oxygen atoms in total. The van der Waals surface area contributed by atoms with Crippen LogP contribution in [0.4, 0.5) is 5.69 Å². The van der Waals surface area contributed by atoms with Crippen LogP contribution in [0.1, 0.15) is 25.8 Å². The Morgan fingerprint density at radius 2 is 1.85 bits per heavy atom. The molecule has 112 valence electrons. The van der Waals surface area contributed by atoms with E-state index in [-0.39, 0.29) is 11.7 Å². The Balaban J connectivity index is 2.47. The maximum absolute atomic E-state index is 11.6. The lowest BCUT2D eigenvalue weighted by atomic mass is 10.2. The number of hydrogen-bond donors (Lipinski definition) is 3. The highest BCUT2D eigenvalue weighted by atomic mass is 32.2. The SMILES string of the molecule is CC(C)NCCC(=O)Nc1ccc(CS(N)(=O)=O)cc1. The van der Waals surface area contributed by atoms with Gasteiger partial charge in [0.05, 0.1) is 5.75 Å². The number of anilines is 1. The second kappa shape index (κ2) is 7.37. The van der Waals surface area contributed by atoms with Gasteiger partial charge in [0.1, 0.15) is 0 Å². The quantitative estimate of drug-likeness (QED) is 0.693. The first-order chi connectivity index (χ1) is 9.26. The zero-order valence-corrected chi connectivity index (χ0v) is 12.5. The summed E-state index contributed by atoms with van der Waals surface area (Å²) in [6.07, 6.45) is 0.386. The molecule has 0 bridgehead atoms. The fourth-order valence-electron chi connectivity index (χ4n) is 1.61. The van der Waals surface area contributed by atoms with E-state index < -0.39 is 10.0 Å². The highest BCUT2D eigenvalue weighted by Gasteiger charge is 2.06. The summed E-state index contributed by atoms with van der Waals surface area (Å²) in [5.74, 6) is -0.295. The minimum Gasteiger partial charge on any atom is -0.326 e. The molecule has 0 aliphatic heterocycles. The standard InChI is InChI=1S/C13H21N3O3S/c1-10(2)15-8-7-13(17)16-12-5-3-11(4-6-12)9-20(14,18)19/h3-6,10,15H,7-9H2,1-2H3,(H,16,17)(H2,14,18,19). The van der Waals surface area contributed by atoms with E-state index in [1.54, 1.807) is 24.3 Å². The zero-order chi connectivity index (χ0) is 15.2. The van der Waals surface area contributed by atoms with Gasteiger partial charge in [-0.3, -0.25) is 4.79 Å². The Morgan fingerprint density at radius 3 is 2.35 bits per heavy atom. The molecule has 0 saturated heterocycles. The van der Waals surface area contributed by atoms with Gasteiger partial charge >= 0.3 is 0 Å². The summed E-state index contributed by atoms with van der Waals surface area (Å²) in [5.41, 5.74) is 1.23. The van der Waals surface area contributed by atoms with Crippen molar-refractivity contribution >= 4 is 21.6 Å². The lowest BCUT2D eigenvalue weighted by molar-refractivity contribution is -0.116. The van der Waals surface area contributed by atoms with E-state index in [0.717, 1.165) is 0 Å². The van der Waals surface area contributed by atoms with Crippen LogP contribution in [0.15, 0.2) is 24.3 Å². The second-order valence-corrected chi connectivity index (χ2v) is 6.53. The summed E-state index contributed by atoms with van der Waals surface area (Å²) in [5, 5.41) is 10.9. The topological polar surface area (TPSA) is 101 Å². The lowest BCUT2D eigenvalue weighted by Crippen LogP contribution is -2.27. The van der Waals surface area contributed by atoms with Gasteiger partial charge < -0.3 is 10.6 Å². The molecule has 1 amide bonds. The van der Waals surface area contributed by atoms with Crippen molar-refractivity contribution in [3.63, 3.8) is 0 Å². The first kappa shape index (κ1) is 16.6. The Bertz CT molecular complexity index is 538. The molecular formula is C13H21N3O3S. The number of nitrogens with two attached hydrogens (primary N) is 1. The van der Waals surface area contributed by atoms with Gasteiger partial charge in [0.2, 0.25) is 15.9 Å². The Morgan fingerprint density at radius 1 is 1.25 bits per heavy atom. The van der Waals surface area contributed by atoms with Crippen LogP contribution in [0.3, 0.4) is 0 Å². The van der Waals surface area contributed by atoms with Gasteiger partial charge in [0, 0.05) is 24.7 Å². The molecule has 0 heterocycles. The fraction of sp³-hybridized carbons (Fsp3) is 0.462. The van der Waals surface area contributed by atoms with Gasteiger partial charge in [-0.05, 0) is 17.7 Å². The average Bonchev–Trinajstić information content (AvgIpc) is 2.29. The molecule has 1 aromatic rings. The van der Waals surface area contributed by atoms with E-state index in [0.29, 0.717) is 30.3 Å². The maximum Gasteiger partial charge on any atom is 0.225 e. The van der Waals surface area contributed by atoms with Crippen molar-refractivity contribution in [3.8, 4) is 0 Å². The largest absolute Gasteiger partial charge is 0.326 e. The minimum atomic E-state index is -3.53. The number of carbonyl (C=O) groups is 1. The number of primary sulfonamides is 1. The second-order valence-electron chi connectivity index (χ2n) is 4.91. The molecule has 7 heteroatoms. The molecule has 0 atom stereocenters. The number of rotatable bonds is 7. The highest BCUT2D eigenvalue weighted by Crippen LogP contribution is 2.11. The molecule has 0 unspecified atom stereocenters. The normalized spacial score (nSPS) is 11.6. The van der Waals surface area contributed by atoms with Crippen molar-refractivity contribution < 1.29 is 13.2 Å². The van der Waals surface area contributed by atoms with E-state index >= 15 is 0 Å². The molecule has 0 spiro atoms. The summed E-state index contributed by atoms with van der Waals surface area (Å²) in [6.45, 7) is 4.65. The molecule has 0 aliphatic rings. The van der Waals surface area contributed by atoms with Crippen LogP contribution in [0.5, 0.6) is 0 Å². The van der Waals surface area contributed by atoms with Crippen LogP contribution in [0, 0.1) is 0 Å². The number of nitrogens with one attached hydrogen (secondary N) is 2. The summed E-state index contributed by atoms with van der Waals surface area (Å²) in [4.78, 5) is 11.6. The van der Waals surface area contributed by atoms with Gasteiger partial charge in [-0.2, -0.15) is 0 Å². The van der Waals surface area contributed by atoms with Crippen LogP contribution < -0.4 is 15.8 Å². The summed E-state index contributed by atoms with van der Waals surface area (Å²) >= 11 is 0. The summed E-state index contributed by atoms with van der Waals surface area (Å²) < 4.78 is 21.9. The molecule has 0 radical (unpaired) electrons. The first-order valence-corrected chi connectivity index (χ1v) is 8.10. The van der Waals surface area contributed by atoms with Crippen molar-refractivity contribution in [2.75, 3.05) is 11.9 Å². The van der Waals surface area contributed by atoms with Crippen molar-refractivity contribution in [2.45, 2.75) is 32.1 Å². The Kier molecular flexibility index (Phi) is 6.12. The summed E-state index contributed by atoms with van der Waals surface area (Å²) in [6, 6.07) is 6.93. The van der Waals surface area contributed by atoms with Crippen molar-refractivity contribution in [2.24, 2.45) is 5.14 Å². The third-order valence-corrected chi connectivity index (χ3v) is 3.25. The van der Waals surface area contributed by atoms with Crippen molar-refractivity contribution in [1.29, 1.82) is 0 Å². The molecule has 4 N–H and O–H groups in total. The Labute approximate surface area is 119 Å². The number of benzene rings is 1. The van der Waals surface area contributed by atoms with Gasteiger partial charge in [-0.15, -0.1) is 0 Å². The van der Waals surface area contributed by atoms with E-state index in [9.17, 15) is 13.2 Å². The molecule has 0 saturated carbocycles. The summed E-state index contributed by atoms with van der Waals surface area (Å²) in [7, 11) is -3.53. The predicted molar refractivity (Wildman–Crippen MR) is 79.6 cm³/mol. The van der Waals surface area contributed by atoms with E-state index in [1.165, 1.54) is 0 Å². The Hall–Kier alpha value is -1.44. The van der Waals surface area contributed by atoms with Crippen LogP contribution in [-0.4, -0.2) is 26.9 Å². The van der Waals surface area contributed by atoms with E-state index in [2.05, 4.69) is 10.6 Å². The maximum atomic E-state index is 11.6. The van der Waals surface area contributed by atoms with Crippen LogP contribution in [0.25, 0.3) is 0 Å². The third-order valence-electron chi connectivity index (χ3n) is 2.51. The zero-order valence-electron chi connectivity index (χ0n) is 11.7. The lowest BCUT2D eigenvalue weighted by Gasteiger charge is -2.09. The van der Waals surface area contributed by atoms with Crippen molar-refractivity contribution in [1.82, 2.24) is 5.32 Å². The van der Waals surface area contributed by atoms with Crippen LogP contribution >= 0.6 is 0 Å². The molecule has 0 fully saturated rings. The van der Waals surface area contributed by atoms with Gasteiger partial charge in [-0.1, -0.05) is 26.0 Å². The first-order valence-electron chi connectivity index (χ1n) is 6.39. The monoisotopic (exact) mass is 299 g/mol. The molecule has 0 aromatic heterocycles. The van der Waals surface area contributed by atoms with Gasteiger partial charge in [0.15, 0.2) is 0 Å². The van der Waals surface area contributed by atoms with Gasteiger partial charge in [0.25, 0.3) is 0 Å². The number of sulfonamides is 1. The van der Waals surface area contributed by atoms with Gasteiger partial charge in [-0.25, -0.2) is 13.6 Å². The molecule has 1 aromatic carbocycles. The number of carbonyl (C=O) groups excluding carboxylic acids is 1. The van der Waals surface area contributed by atoms with Crippen LogP contribution in [0.2, 0.25) is 0 Å². The molecule has 1 rings (SSSR count). The number of amides is 1. The number of hydrogen-bond acceptors (Lipinski definition) is 4. The fourth-order valence-corrected chi connectivity index (χ4v) is 2.27. The van der Waals surface area contributed by atoms with E-state index in [1.807, 2.05) is 13.8 Å². The average molecular weight is 299 g/mol. The highest BCUT2D eigenvalue weighted by molar-refractivity contribution is 7.88. The minimum absolute atomic E-state index is 0.0858. The predicted octanol–water partition coefficient (Wildman–Crippen LogP) is 0.802.